The van der Waals surface area contributed by atoms with E-state index in [1.807, 2.05) is 7.05 Å². The summed E-state index contributed by atoms with van der Waals surface area (Å²) in [5.41, 5.74) is 0.0915. The van der Waals surface area contributed by atoms with E-state index in [2.05, 4.69) is 37.9 Å². The van der Waals surface area contributed by atoms with Crippen molar-refractivity contribution >= 4 is 29.3 Å². The molecule has 224 valence electrons. The SMILES string of the molecule is CC(C)C(=O)NC1CCCCC1Nc1nc(Nc2ccc(C(=O)N(C)C3CCN(C)CC3)cc2)ncc1C(F)(F)F. The van der Waals surface area contributed by atoms with E-state index in [0.717, 1.165) is 45.0 Å². The largest absolute Gasteiger partial charge is 0.421 e. The maximum absolute atomic E-state index is 13.9. The van der Waals surface area contributed by atoms with Gasteiger partial charge in [0.05, 0.1) is 0 Å². The summed E-state index contributed by atoms with van der Waals surface area (Å²) < 4.78 is 41.6. The first-order valence-corrected chi connectivity index (χ1v) is 14.3. The minimum atomic E-state index is -4.66. The second-order valence-corrected chi connectivity index (χ2v) is 11.4. The Balaban J connectivity index is 1.48. The first-order valence-electron chi connectivity index (χ1n) is 14.3. The van der Waals surface area contributed by atoms with Crippen LogP contribution in [-0.2, 0) is 11.0 Å². The maximum Gasteiger partial charge on any atom is 0.421 e. The standard InChI is InChI=1S/C29H40F3N7O2/c1-18(2)26(40)36-24-8-6-5-7-23(24)35-25-22(29(30,31)32)17-33-28(37-25)34-20-11-9-19(10-12-20)27(41)39(4)21-13-15-38(3)16-14-21/h9-12,17-18,21,23-24H,5-8,13-16H2,1-4H3,(H,36,40)(H2,33,34,35,37). The van der Waals surface area contributed by atoms with Crippen LogP contribution in [-0.4, -0.2) is 76.9 Å². The molecule has 0 radical (unpaired) electrons. The molecule has 2 heterocycles. The van der Waals surface area contributed by atoms with E-state index in [-0.39, 0.29) is 41.6 Å². The predicted molar refractivity (Wildman–Crippen MR) is 152 cm³/mol. The highest BCUT2D eigenvalue weighted by atomic mass is 19.4. The van der Waals surface area contributed by atoms with Gasteiger partial charge in [-0.15, -0.1) is 0 Å². The summed E-state index contributed by atoms with van der Waals surface area (Å²) >= 11 is 0. The molecule has 2 fully saturated rings. The van der Waals surface area contributed by atoms with Crippen molar-refractivity contribution < 1.29 is 22.8 Å². The number of nitrogens with zero attached hydrogens (tertiary/aromatic N) is 4. The minimum Gasteiger partial charge on any atom is -0.365 e. The van der Waals surface area contributed by atoms with Gasteiger partial charge in [0.15, 0.2) is 0 Å². The fourth-order valence-electron chi connectivity index (χ4n) is 5.34. The molecule has 2 amide bonds. The van der Waals surface area contributed by atoms with Gasteiger partial charge in [-0.3, -0.25) is 9.59 Å². The summed E-state index contributed by atoms with van der Waals surface area (Å²) in [4.78, 5) is 37.5. The van der Waals surface area contributed by atoms with E-state index in [9.17, 15) is 22.8 Å². The zero-order valence-corrected chi connectivity index (χ0v) is 24.1. The Hall–Kier alpha value is -3.41. The van der Waals surface area contributed by atoms with Gasteiger partial charge < -0.3 is 25.8 Å². The van der Waals surface area contributed by atoms with E-state index in [1.54, 1.807) is 43.0 Å². The number of rotatable bonds is 8. The molecule has 2 aromatic rings. The number of nitrogens with one attached hydrogen (secondary N) is 3. The molecule has 2 atom stereocenters. The zero-order valence-electron chi connectivity index (χ0n) is 24.1. The molecular formula is C29H40F3N7O2. The number of carbonyl (C=O) groups is 2. The molecule has 1 aliphatic heterocycles. The van der Waals surface area contributed by atoms with Gasteiger partial charge in [-0.2, -0.15) is 18.2 Å². The molecule has 0 spiro atoms. The van der Waals surface area contributed by atoms with Crippen LogP contribution >= 0.6 is 0 Å². The minimum absolute atomic E-state index is 0.0124. The van der Waals surface area contributed by atoms with Crippen LogP contribution in [0, 0.1) is 5.92 Å². The van der Waals surface area contributed by atoms with Gasteiger partial charge in [-0.25, -0.2) is 4.98 Å². The predicted octanol–water partition coefficient (Wildman–Crippen LogP) is 4.90. The first kappa shape index (κ1) is 30.5. The molecule has 1 aliphatic carbocycles. The van der Waals surface area contributed by atoms with Crippen LogP contribution < -0.4 is 16.0 Å². The zero-order chi connectivity index (χ0) is 29.7. The van der Waals surface area contributed by atoms with E-state index in [0.29, 0.717) is 24.1 Å². The second-order valence-electron chi connectivity index (χ2n) is 11.4. The van der Waals surface area contributed by atoms with Gasteiger partial charge in [0.2, 0.25) is 11.9 Å². The second kappa shape index (κ2) is 13.1. The molecule has 1 aromatic heterocycles. The lowest BCUT2D eigenvalue weighted by Gasteiger charge is -2.35. The van der Waals surface area contributed by atoms with Crippen molar-refractivity contribution in [2.45, 2.75) is 76.7 Å². The number of piperidine rings is 1. The molecule has 4 rings (SSSR count). The third kappa shape index (κ3) is 7.87. The van der Waals surface area contributed by atoms with Crippen molar-refractivity contribution in [3.63, 3.8) is 0 Å². The van der Waals surface area contributed by atoms with Crippen molar-refractivity contribution in [2.24, 2.45) is 5.92 Å². The summed E-state index contributed by atoms with van der Waals surface area (Å²) in [6, 6.07) is 6.22. The normalized spacial score (nSPS) is 20.5. The molecule has 0 bridgehead atoms. The number of hydrogen-bond acceptors (Lipinski definition) is 7. The number of aromatic nitrogens is 2. The van der Waals surface area contributed by atoms with Gasteiger partial charge in [-0.1, -0.05) is 26.7 Å². The molecule has 1 aromatic carbocycles. The van der Waals surface area contributed by atoms with Gasteiger partial charge in [0.25, 0.3) is 5.91 Å². The smallest absolute Gasteiger partial charge is 0.365 e. The lowest BCUT2D eigenvalue weighted by molar-refractivity contribution is -0.137. The lowest BCUT2D eigenvalue weighted by Crippen LogP contribution is -2.49. The van der Waals surface area contributed by atoms with Crippen LogP contribution in [0.3, 0.4) is 0 Å². The highest BCUT2D eigenvalue weighted by Crippen LogP contribution is 2.35. The summed E-state index contributed by atoms with van der Waals surface area (Å²) in [6.45, 7) is 5.45. The molecule has 2 unspecified atom stereocenters. The number of likely N-dealkylation sites (tertiary alicyclic amines) is 1. The number of anilines is 3. The first-order chi connectivity index (χ1) is 19.4. The van der Waals surface area contributed by atoms with E-state index in [1.165, 1.54) is 0 Å². The van der Waals surface area contributed by atoms with Gasteiger partial charge in [0.1, 0.15) is 11.4 Å². The molecule has 2 aliphatic rings. The number of carbonyl (C=O) groups excluding carboxylic acids is 2. The molecule has 9 nitrogen and oxygen atoms in total. The van der Waals surface area contributed by atoms with Crippen molar-refractivity contribution in [3.8, 4) is 0 Å². The molecular weight excluding hydrogens is 535 g/mol. The fraction of sp³-hybridized carbons (Fsp3) is 0.586. The molecule has 41 heavy (non-hydrogen) atoms. The summed E-state index contributed by atoms with van der Waals surface area (Å²) in [6.07, 6.45) is 0.944. The number of amides is 2. The van der Waals surface area contributed by atoms with Crippen molar-refractivity contribution in [3.05, 3.63) is 41.6 Å². The summed E-state index contributed by atoms with van der Waals surface area (Å²) in [5.74, 6) is -0.785. The molecule has 3 N–H and O–H groups in total. The summed E-state index contributed by atoms with van der Waals surface area (Å²) in [5, 5.41) is 8.89. The number of alkyl halides is 3. The number of hydrogen-bond donors (Lipinski definition) is 3. The van der Waals surface area contributed by atoms with Crippen LogP contribution in [0.5, 0.6) is 0 Å². The third-order valence-corrected chi connectivity index (χ3v) is 7.98. The van der Waals surface area contributed by atoms with Gasteiger partial charge in [-0.05, 0) is 70.1 Å². The van der Waals surface area contributed by atoms with Crippen LogP contribution in [0.15, 0.2) is 30.5 Å². The Labute approximate surface area is 239 Å². The molecule has 1 saturated carbocycles. The van der Waals surface area contributed by atoms with E-state index < -0.39 is 17.8 Å². The van der Waals surface area contributed by atoms with Crippen LogP contribution in [0.25, 0.3) is 0 Å². The van der Waals surface area contributed by atoms with Crippen molar-refractivity contribution in [1.29, 1.82) is 0 Å². The van der Waals surface area contributed by atoms with Gasteiger partial charge in [0, 0.05) is 48.5 Å². The number of benzene rings is 1. The van der Waals surface area contributed by atoms with Gasteiger partial charge >= 0.3 is 6.18 Å². The van der Waals surface area contributed by atoms with Crippen LogP contribution in [0.1, 0.15) is 68.3 Å². The lowest BCUT2D eigenvalue weighted by atomic mass is 9.89. The summed E-state index contributed by atoms with van der Waals surface area (Å²) in [7, 11) is 3.89. The highest BCUT2D eigenvalue weighted by molar-refractivity contribution is 5.94. The van der Waals surface area contributed by atoms with Crippen LogP contribution in [0.4, 0.5) is 30.6 Å². The highest BCUT2D eigenvalue weighted by Gasteiger charge is 2.37. The Morgan fingerprint density at radius 3 is 2.27 bits per heavy atom. The van der Waals surface area contributed by atoms with Crippen LogP contribution in [0.2, 0.25) is 0 Å². The fourth-order valence-corrected chi connectivity index (χ4v) is 5.34. The van der Waals surface area contributed by atoms with Crippen molar-refractivity contribution in [2.75, 3.05) is 37.8 Å². The maximum atomic E-state index is 13.9. The Bertz CT molecular complexity index is 1200. The topological polar surface area (TPSA) is 102 Å². The average Bonchev–Trinajstić information content (AvgIpc) is 2.93. The average molecular weight is 576 g/mol. The van der Waals surface area contributed by atoms with E-state index >= 15 is 0 Å². The van der Waals surface area contributed by atoms with Crippen molar-refractivity contribution in [1.82, 2.24) is 25.1 Å². The third-order valence-electron chi connectivity index (χ3n) is 7.98. The van der Waals surface area contributed by atoms with E-state index in [4.69, 9.17) is 0 Å². The Morgan fingerprint density at radius 1 is 1.02 bits per heavy atom. The number of halogens is 3. The monoisotopic (exact) mass is 575 g/mol. The molecule has 1 saturated heterocycles. The Kier molecular flexibility index (Phi) is 9.72. The quantitative estimate of drug-likeness (QED) is 0.412. The molecule has 12 heteroatoms. The Morgan fingerprint density at radius 2 is 1.66 bits per heavy atom.